The van der Waals surface area contributed by atoms with Gasteiger partial charge in [-0.15, -0.1) is 0 Å². The smallest absolute Gasteiger partial charge is 0.274 e. The number of aromatic nitrogens is 1. The Balaban J connectivity index is 2.66. The summed E-state index contributed by atoms with van der Waals surface area (Å²) in [5.74, 6) is 0.370. The molecule has 6 nitrogen and oxygen atoms in total. The molecule has 0 aliphatic rings. The summed E-state index contributed by atoms with van der Waals surface area (Å²) >= 11 is 0. The molecule has 0 saturated heterocycles. The van der Waals surface area contributed by atoms with Crippen molar-refractivity contribution in [1.82, 2.24) is 4.98 Å². The van der Waals surface area contributed by atoms with Gasteiger partial charge in [0.25, 0.3) is 5.69 Å². The van der Waals surface area contributed by atoms with Gasteiger partial charge < -0.3 is 5.32 Å². The Hall–Kier alpha value is -1.98. The molecule has 0 aliphatic heterocycles. The third-order valence-electron chi connectivity index (χ3n) is 1.82. The monoisotopic (exact) mass is 209 g/mol. The van der Waals surface area contributed by atoms with E-state index in [2.05, 4.69) is 10.3 Å². The van der Waals surface area contributed by atoms with Crippen molar-refractivity contribution < 1.29 is 9.72 Å². The highest BCUT2D eigenvalue weighted by Crippen LogP contribution is 2.13. The summed E-state index contributed by atoms with van der Waals surface area (Å²) in [5, 5.41) is 13.2. The highest BCUT2D eigenvalue weighted by atomic mass is 16.6. The summed E-state index contributed by atoms with van der Waals surface area (Å²) in [6.07, 6.45) is 1.76. The Labute approximate surface area is 86.5 Å². The zero-order valence-corrected chi connectivity index (χ0v) is 8.27. The Morgan fingerprint density at radius 1 is 1.67 bits per heavy atom. The van der Waals surface area contributed by atoms with Crippen molar-refractivity contribution in [3.8, 4) is 0 Å². The van der Waals surface area contributed by atoms with Crippen LogP contribution in [-0.4, -0.2) is 22.2 Å². The van der Waals surface area contributed by atoms with Crippen molar-refractivity contribution in [2.45, 2.75) is 13.3 Å². The van der Waals surface area contributed by atoms with E-state index < -0.39 is 4.92 Å². The number of hydrogen-bond acceptors (Lipinski definition) is 5. The van der Waals surface area contributed by atoms with E-state index in [1.54, 1.807) is 6.92 Å². The molecule has 80 valence electrons. The summed E-state index contributed by atoms with van der Waals surface area (Å²) < 4.78 is 0. The predicted octanol–water partition coefficient (Wildman–Crippen LogP) is 1.38. The van der Waals surface area contributed by atoms with E-state index in [0.29, 0.717) is 12.2 Å². The molecule has 0 saturated carbocycles. The number of nitrogens with one attached hydrogen (secondary N) is 1. The van der Waals surface area contributed by atoms with Crippen LogP contribution in [0.15, 0.2) is 18.3 Å². The molecule has 0 spiro atoms. The van der Waals surface area contributed by atoms with Gasteiger partial charge in [-0.1, -0.05) is 6.92 Å². The average Bonchev–Trinajstić information content (AvgIpc) is 2.26. The van der Waals surface area contributed by atoms with E-state index in [4.69, 9.17) is 0 Å². The van der Waals surface area contributed by atoms with Gasteiger partial charge >= 0.3 is 0 Å². The van der Waals surface area contributed by atoms with Crippen LogP contribution in [-0.2, 0) is 4.79 Å². The second-order valence-electron chi connectivity index (χ2n) is 2.90. The average molecular weight is 209 g/mol. The lowest BCUT2D eigenvalue weighted by Gasteiger charge is -2.02. The molecule has 0 aliphatic carbocycles. The molecule has 0 fully saturated rings. The number of nitro groups is 1. The standard InChI is InChI=1S/C9H11N3O3/c1-2-8(13)6-11-9-5-7(12(14)15)3-4-10-9/h3-5H,2,6H2,1H3,(H,10,11). The van der Waals surface area contributed by atoms with Crippen LogP contribution in [0.4, 0.5) is 11.5 Å². The summed E-state index contributed by atoms with van der Waals surface area (Å²) in [6.45, 7) is 1.90. The lowest BCUT2D eigenvalue weighted by molar-refractivity contribution is -0.384. The maximum atomic E-state index is 11.0. The minimum absolute atomic E-state index is 0.0308. The number of anilines is 1. The van der Waals surface area contributed by atoms with Crippen LogP contribution in [0.2, 0.25) is 0 Å². The highest BCUT2D eigenvalue weighted by Gasteiger charge is 2.06. The zero-order valence-electron chi connectivity index (χ0n) is 8.27. The van der Waals surface area contributed by atoms with Crippen molar-refractivity contribution in [2.24, 2.45) is 0 Å². The number of Topliss-reactive ketones (excluding diaryl/α,β-unsaturated/α-hetero) is 1. The summed E-state index contributed by atoms with van der Waals surface area (Å²) in [4.78, 5) is 24.8. The van der Waals surface area contributed by atoms with Crippen LogP contribution in [0.5, 0.6) is 0 Å². The van der Waals surface area contributed by atoms with E-state index in [-0.39, 0.29) is 18.0 Å². The van der Waals surface area contributed by atoms with E-state index in [1.165, 1.54) is 18.3 Å². The molecule has 0 unspecified atom stereocenters. The van der Waals surface area contributed by atoms with Crippen molar-refractivity contribution in [3.05, 3.63) is 28.4 Å². The summed E-state index contributed by atoms with van der Waals surface area (Å²) in [6, 6.07) is 2.59. The van der Waals surface area contributed by atoms with Gasteiger partial charge in [-0.3, -0.25) is 14.9 Å². The second kappa shape index (κ2) is 5.04. The van der Waals surface area contributed by atoms with Crippen molar-refractivity contribution >= 4 is 17.3 Å². The van der Waals surface area contributed by atoms with Crippen molar-refractivity contribution in [3.63, 3.8) is 0 Å². The number of pyridine rings is 1. The van der Waals surface area contributed by atoms with Gasteiger partial charge in [-0.25, -0.2) is 4.98 Å². The van der Waals surface area contributed by atoms with E-state index in [1.807, 2.05) is 0 Å². The molecule has 1 N–H and O–H groups in total. The summed E-state index contributed by atoms with van der Waals surface area (Å²) in [5.41, 5.74) is -0.0450. The number of ketones is 1. The van der Waals surface area contributed by atoms with Gasteiger partial charge in [0, 0.05) is 18.7 Å². The van der Waals surface area contributed by atoms with E-state index in [0.717, 1.165) is 0 Å². The molecule has 1 heterocycles. The van der Waals surface area contributed by atoms with Crippen LogP contribution >= 0.6 is 0 Å². The number of carbonyl (C=O) groups is 1. The van der Waals surface area contributed by atoms with E-state index in [9.17, 15) is 14.9 Å². The fourth-order valence-electron chi connectivity index (χ4n) is 0.944. The molecule has 1 aromatic rings. The Kier molecular flexibility index (Phi) is 3.73. The zero-order chi connectivity index (χ0) is 11.3. The largest absolute Gasteiger partial charge is 0.363 e. The van der Waals surface area contributed by atoms with Crippen molar-refractivity contribution in [1.29, 1.82) is 0 Å². The molecule has 0 bridgehead atoms. The summed E-state index contributed by atoms with van der Waals surface area (Å²) in [7, 11) is 0. The fraction of sp³-hybridized carbons (Fsp3) is 0.333. The predicted molar refractivity (Wildman–Crippen MR) is 54.7 cm³/mol. The quantitative estimate of drug-likeness (QED) is 0.584. The van der Waals surface area contributed by atoms with Crippen LogP contribution in [0.3, 0.4) is 0 Å². The SMILES string of the molecule is CCC(=O)CNc1cc([N+](=O)[O-])ccn1. The Bertz CT molecular complexity index is 379. The maximum Gasteiger partial charge on any atom is 0.274 e. The topological polar surface area (TPSA) is 85.1 Å². The van der Waals surface area contributed by atoms with Gasteiger partial charge in [0.2, 0.25) is 0 Å². The van der Waals surface area contributed by atoms with Gasteiger partial charge in [0.05, 0.1) is 17.5 Å². The molecule has 1 rings (SSSR count). The minimum Gasteiger partial charge on any atom is -0.363 e. The maximum absolute atomic E-state index is 11.0. The third-order valence-corrected chi connectivity index (χ3v) is 1.82. The first-order chi connectivity index (χ1) is 7.13. The molecule has 1 aromatic heterocycles. The van der Waals surface area contributed by atoms with Gasteiger partial charge in [-0.2, -0.15) is 0 Å². The lowest BCUT2D eigenvalue weighted by atomic mass is 10.3. The molecule has 0 atom stereocenters. The lowest BCUT2D eigenvalue weighted by Crippen LogP contribution is -2.13. The van der Waals surface area contributed by atoms with E-state index >= 15 is 0 Å². The van der Waals surface area contributed by atoms with Crippen LogP contribution < -0.4 is 5.32 Å². The molecular formula is C9H11N3O3. The molecule has 0 amide bonds. The van der Waals surface area contributed by atoms with Crippen LogP contribution in [0.1, 0.15) is 13.3 Å². The van der Waals surface area contributed by atoms with Gasteiger partial charge in [0.15, 0.2) is 5.78 Å². The highest BCUT2D eigenvalue weighted by molar-refractivity contribution is 5.82. The molecule has 6 heteroatoms. The third kappa shape index (κ3) is 3.34. The first kappa shape index (κ1) is 11.1. The first-order valence-electron chi connectivity index (χ1n) is 4.49. The first-order valence-corrected chi connectivity index (χ1v) is 4.49. The Morgan fingerprint density at radius 2 is 2.40 bits per heavy atom. The number of carbonyl (C=O) groups excluding carboxylic acids is 1. The Morgan fingerprint density at radius 3 is 3.00 bits per heavy atom. The number of nitrogens with zero attached hydrogens (tertiary/aromatic N) is 2. The normalized spacial score (nSPS) is 9.67. The number of hydrogen-bond donors (Lipinski definition) is 1. The van der Waals surface area contributed by atoms with Crippen molar-refractivity contribution in [2.75, 3.05) is 11.9 Å². The molecule has 0 aromatic carbocycles. The molecular weight excluding hydrogens is 198 g/mol. The molecule has 0 radical (unpaired) electrons. The second-order valence-corrected chi connectivity index (χ2v) is 2.90. The minimum atomic E-state index is -0.505. The molecule has 15 heavy (non-hydrogen) atoms. The fourth-order valence-corrected chi connectivity index (χ4v) is 0.944. The van der Waals surface area contributed by atoms with Crippen LogP contribution in [0, 0.1) is 10.1 Å². The van der Waals surface area contributed by atoms with Gasteiger partial charge in [0.1, 0.15) is 5.82 Å². The number of rotatable bonds is 5. The van der Waals surface area contributed by atoms with Gasteiger partial charge in [-0.05, 0) is 0 Å². The van der Waals surface area contributed by atoms with Crippen LogP contribution in [0.25, 0.3) is 0 Å².